The average molecular weight is 214 g/mol. The van der Waals surface area contributed by atoms with Gasteiger partial charge >= 0.3 is 0 Å². The molecule has 13 heavy (non-hydrogen) atoms. The van der Waals surface area contributed by atoms with Gasteiger partial charge in [0.25, 0.3) is 0 Å². The number of thiophene rings is 1. The topological polar surface area (TPSA) is 30.7 Å². The summed E-state index contributed by atoms with van der Waals surface area (Å²) < 4.78 is 1.79. The zero-order chi connectivity index (χ0) is 9.10. The maximum Gasteiger partial charge on any atom is 0.0974 e. The highest BCUT2D eigenvalue weighted by Crippen LogP contribution is 2.07. The molecule has 0 saturated carbocycles. The number of aromatic nitrogens is 3. The molecule has 5 heteroatoms. The number of alkyl halides is 1. The first-order valence-corrected chi connectivity index (χ1v) is 5.32. The number of hydrogen-bond donors (Lipinski definition) is 0. The van der Waals surface area contributed by atoms with Crippen molar-refractivity contribution in [1.82, 2.24) is 15.0 Å². The quantitative estimate of drug-likeness (QED) is 0.732. The molecular formula is C8H8ClN3S. The largest absolute Gasteiger partial charge is 0.248 e. The van der Waals surface area contributed by atoms with Gasteiger partial charge in [-0.05, 0) is 22.4 Å². The highest BCUT2D eigenvalue weighted by molar-refractivity contribution is 7.07. The minimum absolute atomic E-state index is 0.420. The van der Waals surface area contributed by atoms with Crippen LogP contribution in [0.15, 0.2) is 23.0 Å². The highest BCUT2D eigenvalue weighted by atomic mass is 35.5. The van der Waals surface area contributed by atoms with Gasteiger partial charge in [-0.3, -0.25) is 0 Å². The van der Waals surface area contributed by atoms with Crippen LogP contribution in [0.2, 0.25) is 0 Å². The van der Waals surface area contributed by atoms with Gasteiger partial charge < -0.3 is 0 Å². The number of hydrogen-bond acceptors (Lipinski definition) is 3. The van der Waals surface area contributed by atoms with Gasteiger partial charge in [0, 0.05) is 0 Å². The lowest BCUT2D eigenvalue weighted by atomic mass is 10.3. The second kappa shape index (κ2) is 3.89. The maximum absolute atomic E-state index is 5.61. The highest BCUT2D eigenvalue weighted by Gasteiger charge is 1.99. The van der Waals surface area contributed by atoms with E-state index in [1.54, 1.807) is 16.0 Å². The standard InChI is InChI=1S/C8H8ClN3S/c9-3-8-5-12(11-10-8)4-7-1-2-13-6-7/h1-2,5-6H,3-4H2. The van der Waals surface area contributed by atoms with Crippen LogP contribution in [0.4, 0.5) is 0 Å². The first kappa shape index (κ1) is 8.72. The Balaban J connectivity index is 2.10. The van der Waals surface area contributed by atoms with Crippen molar-refractivity contribution in [2.45, 2.75) is 12.4 Å². The van der Waals surface area contributed by atoms with E-state index in [1.165, 1.54) is 5.56 Å². The molecule has 0 N–H and O–H groups in total. The Hall–Kier alpha value is -0.870. The van der Waals surface area contributed by atoms with Gasteiger partial charge in [0.05, 0.1) is 24.3 Å². The summed E-state index contributed by atoms with van der Waals surface area (Å²) in [7, 11) is 0. The molecule has 0 amide bonds. The van der Waals surface area contributed by atoms with E-state index in [0.717, 1.165) is 12.2 Å². The van der Waals surface area contributed by atoms with Gasteiger partial charge in [0.2, 0.25) is 0 Å². The van der Waals surface area contributed by atoms with Crippen LogP contribution in [0.5, 0.6) is 0 Å². The summed E-state index contributed by atoms with van der Waals surface area (Å²) in [5.74, 6) is 0.420. The molecule has 3 nitrogen and oxygen atoms in total. The second-order valence-corrected chi connectivity index (χ2v) is 3.72. The molecule has 0 fully saturated rings. The predicted molar refractivity (Wildman–Crippen MR) is 53.0 cm³/mol. The Morgan fingerprint density at radius 2 is 2.46 bits per heavy atom. The minimum Gasteiger partial charge on any atom is -0.248 e. The second-order valence-electron chi connectivity index (χ2n) is 2.67. The van der Waals surface area contributed by atoms with E-state index in [2.05, 4.69) is 27.1 Å². The van der Waals surface area contributed by atoms with Crippen molar-refractivity contribution in [3.63, 3.8) is 0 Å². The van der Waals surface area contributed by atoms with E-state index in [1.807, 2.05) is 6.20 Å². The van der Waals surface area contributed by atoms with Crippen molar-refractivity contribution in [3.05, 3.63) is 34.3 Å². The van der Waals surface area contributed by atoms with Gasteiger partial charge in [-0.15, -0.1) is 16.7 Å². The fourth-order valence-corrected chi connectivity index (χ4v) is 1.83. The zero-order valence-electron chi connectivity index (χ0n) is 6.85. The molecule has 0 radical (unpaired) electrons. The Bertz CT molecular complexity index is 368. The SMILES string of the molecule is ClCc1cn(Cc2ccsc2)nn1. The third kappa shape index (κ3) is 2.08. The first-order chi connectivity index (χ1) is 6.38. The van der Waals surface area contributed by atoms with Crippen LogP contribution in [0.1, 0.15) is 11.3 Å². The summed E-state index contributed by atoms with van der Waals surface area (Å²) in [5, 5.41) is 12.0. The summed E-state index contributed by atoms with van der Waals surface area (Å²) in [4.78, 5) is 0. The van der Waals surface area contributed by atoms with E-state index in [-0.39, 0.29) is 0 Å². The summed E-state index contributed by atoms with van der Waals surface area (Å²) in [5.41, 5.74) is 2.06. The molecule has 0 aliphatic rings. The Labute approximate surface area is 85.0 Å². The lowest BCUT2D eigenvalue weighted by Gasteiger charge is -1.94. The molecule has 0 spiro atoms. The fourth-order valence-electron chi connectivity index (χ4n) is 1.05. The van der Waals surface area contributed by atoms with Crippen molar-refractivity contribution in [3.8, 4) is 0 Å². The van der Waals surface area contributed by atoms with E-state index in [9.17, 15) is 0 Å². The Morgan fingerprint density at radius 3 is 3.08 bits per heavy atom. The molecule has 0 aromatic carbocycles. The fraction of sp³-hybridized carbons (Fsp3) is 0.250. The maximum atomic E-state index is 5.61. The molecule has 0 atom stereocenters. The van der Waals surface area contributed by atoms with Crippen LogP contribution in [-0.4, -0.2) is 15.0 Å². The molecule has 0 aliphatic carbocycles. The molecule has 0 aliphatic heterocycles. The van der Waals surface area contributed by atoms with E-state index >= 15 is 0 Å². The van der Waals surface area contributed by atoms with Crippen molar-refractivity contribution in [2.24, 2.45) is 0 Å². The van der Waals surface area contributed by atoms with Gasteiger partial charge in [-0.1, -0.05) is 5.21 Å². The van der Waals surface area contributed by atoms with Crippen molar-refractivity contribution in [2.75, 3.05) is 0 Å². The van der Waals surface area contributed by atoms with Crippen LogP contribution in [0, 0.1) is 0 Å². The van der Waals surface area contributed by atoms with Crippen LogP contribution in [0.3, 0.4) is 0 Å². The zero-order valence-corrected chi connectivity index (χ0v) is 8.42. The van der Waals surface area contributed by atoms with E-state index < -0.39 is 0 Å². The number of nitrogens with zero attached hydrogens (tertiary/aromatic N) is 3. The summed E-state index contributed by atoms with van der Waals surface area (Å²) >= 11 is 7.29. The summed E-state index contributed by atoms with van der Waals surface area (Å²) in [6.45, 7) is 0.771. The third-order valence-electron chi connectivity index (χ3n) is 1.65. The van der Waals surface area contributed by atoms with Crippen LogP contribution in [0.25, 0.3) is 0 Å². The number of rotatable bonds is 3. The molecule has 0 bridgehead atoms. The molecular weight excluding hydrogens is 206 g/mol. The van der Waals surface area contributed by atoms with Crippen LogP contribution in [-0.2, 0) is 12.4 Å². The van der Waals surface area contributed by atoms with E-state index in [4.69, 9.17) is 11.6 Å². The number of halogens is 1. The van der Waals surface area contributed by atoms with Gasteiger partial charge in [0.15, 0.2) is 0 Å². The smallest absolute Gasteiger partial charge is 0.0974 e. The molecule has 2 rings (SSSR count). The predicted octanol–water partition coefficient (Wildman–Crippen LogP) is 2.13. The van der Waals surface area contributed by atoms with Crippen LogP contribution < -0.4 is 0 Å². The monoisotopic (exact) mass is 213 g/mol. The third-order valence-corrected chi connectivity index (χ3v) is 2.65. The first-order valence-electron chi connectivity index (χ1n) is 3.84. The van der Waals surface area contributed by atoms with Gasteiger partial charge in [-0.2, -0.15) is 11.3 Å². The van der Waals surface area contributed by atoms with Gasteiger partial charge in [-0.25, -0.2) is 4.68 Å². The van der Waals surface area contributed by atoms with Crippen molar-refractivity contribution < 1.29 is 0 Å². The summed E-state index contributed by atoms with van der Waals surface area (Å²) in [6.07, 6.45) is 1.87. The molecule has 0 unspecified atom stereocenters. The lowest BCUT2D eigenvalue weighted by Crippen LogP contribution is -1.98. The molecule has 2 heterocycles. The molecule has 2 aromatic rings. The van der Waals surface area contributed by atoms with Crippen molar-refractivity contribution in [1.29, 1.82) is 0 Å². The normalized spacial score (nSPS) is 10.5. The molecule has 2 aromatic heterocycles. The van der Waals surface area contributed by atoms with Gasteiger partial charge in [0.1, 0.15) is 0 Å². The lowest BCUT2D eigenvalue weighted by molar-refractivity contribution is 0.650. The molecule has 0 saturated heterocycles. The van der Waals surface area contributed by atoms with E-state index in [0.29, 0.717) is 5.88 Å². The Kier molecular flexibility index (Phi) is 2.61. The Morgan fingerprint density at radius 1 is 1.54 bits per heavy atom. The summed E-state index contributed by atoms with van der Waals surface area (Å²) in [6, 6.07) is 2.08. The van der Waals surface area contributed by atoms with Crippen LogP contribution >= 0.6 is 22.9 Å². The molecule has 68 valence electrons. The minimum atomic E-state index is 0.420. The van der Waals surface area contributed by atoms with Crippen molar-refractivity contribution >= 4 is 22.9 Å². The average Bonchev–Trinajstić information content (AvgIpc) is 2.76.